The quantitative estimate of drug-likeness (QED) is 0.487. The minimum atomic E-state index is -0.246. The van der Waals surface area contributed by atoms with Gasteiger partial charge in [0.2, 0.25) is 11.8 Å². The van der Waals surface area contributed by atoms with Crippen LogP contribution in [0.1, 0.15) is 41.3 Å². The van der Waals surface area contributed by atoms with Gasteiger partial charge < -0.3 is 15.2 Å². The molecule has 32 heavy (non-hydrogen) atoms. The number of aromatic nitrogens is 3. The van der Waals surface area contributed by atoms with E-state index >= 15 is 0 Å². The van der Waals surface area contributed by atoms with Crippen molar-refractivity contribution in [3.05, 3.63) is 71.0 Å². The number of hydrogen-bond donors (Lipinski definition) is 2. The van der Waals surface area contributed by atoms with Gasteiger partial charge in [0.15, 0.2) is 5.16 Å². The zero-order chi connectivity index (χ0) is 22.5. The van der Waals surface area contributed by atoms with Crippen LogP contribution in [-0.2, 0) is 16.1 Å². The molecule has 1 fully saturated rings. The number of carbonyl (C=O) groups is 2. The van der Waals surface area contributed by atoms with Crippen LogP contribution in [0.5, 0.6) is 0 Å². The maximum atomic E-state index is 12.4. The Morgan fingerprint density at radius 3 is 2.41 bits per heavy atom. The molecule has 1 aliphatic rings. The van der Waals surface area contributed by atoms with Gasteiger partial charge >= 0.3 is 0 Å². The zero-order valence-corrected chi connectivity index (χ0v) is 19.1. The molecule has 1 heterocycles. The first-order valence-electron chi connectivity index (χ1n) is 10.7. The minimum Gasteiger partial charge on any atom is -0.346 e. The van der Waals surface area contributed by atoms with Crippen molar-refractivity contribution >= 4 is 29.3 Å². The van der Waals surface area contributed by atoms with Gasteiger partial charge in [-0.2, -0.15) is 0 Å². The number of carbonyl (C=O) groups excluding carboxylic acids is 2. The molecule has 1 aliphatic carbocycles. The molecule has 2 aromatic carbocycles. The van der Waals surface area contributed by atoms with Crippen molar-refractivity contribution in [3.8, 4) is 0 Å². The van der Waals surface area contributed by atoms with Gasteiger partial charge in [0.1, 0.15) is 5.82 Å². The second kappa shape index (κ2) is 9.99. The van der Waals surface area contributed by atoms with Gasteiger partial charge in [0.05, 0.1) is 18.8 Å². The van der Waals surface area contributed by atoms with E-state index in [1.807, 2.05) is 50.2 Å². The van der Waals surface area contributed by atoms with Gasteiger partial charge in [-0.05, 0) is 43.4 Å². The van der Waals surface area contributed by atoms with E-state index in [0.29, 0.717) is 12.5 Å². The largest absolute Gasteiger partial charge is 0.346 e. The van der Waals surface area contributed by atoms with E-state index in [0.717, 1.165) is 40.6 Å². The summed E-state index contributed by atoms with van der Waals surface area (Å²) in [5, 5.41) is 15.0. The summed E-state index contributed by atoms with van der Waals surface area (Å²) in [5.74, 6) is 1.17. The van der Waals surface area contributed by atoms with E-state index in [4.69, 9.17) is 0 Å². The first-order chi connectivity index (χ1) is 15.5. The molecule has 7 nitrogen and oxygen atoms in total. The molecule has 1 aromatic heterocycles. The Hall–Kier alpha value is -3.13. The number of thioether (sulfide) groups is 1. The van der Waals surface area contributed by atoms with Crippen molar-refractivity contribution < 1.29 is 9.59 Å². The van der Waals surface area contributed by atoms with Gasteiger partial charge in [-0.25, -0.2) is 0 Å². The summed E-state index contributed by atoms with van der Waals surface area (Å²) in [5.41, 5.74) is 3.94. The number of para-hydroxylation sites is 1. The molecule has 0 radical (unpaired) electrons. The lowest BCUT2D eigenvalue weighted by molar-refractivity contribution is -0.122. The van der Waals surface area contributed by atoms with Crippen LogP contribution in [0, 0.1) is 13.8 Å². The molecule has 0 spiro atoms. The van der Waals surface area contributed by atoms with Crippen molar-refractivity contribution in [3.63, 3.8) is 0 Å². The van der Waals surface area contributed by atoms with E-state index < -0.39 is 0 Å². The fourth-order valence-corrected chi connectivity index (χ4v) is 4.29. The maximum Gasteiger partial charge on any atom is 0.243 e. The topological polar surface area (TPSA) is 88.9 Å². The van der Waals surface area contributed by atoms with Gasteiger partial charge in [0.25, 0.3) is 0 Å². The second-order valence-electron chi connectivity index (χ2n) is 8.07. The Labute approximate surface area is 192 Å². The van der Waals surface area contributed by atoms with Crippen LogP contribution in [-0.4, -0.2) is 38.9 Å². The average Bonchev–Trinajstić information content (AvgIpc) is 3.56. The molecule has 2 amide bonds. The van der Waals surface area contributed by atoms with E-state index in [1.165, 1.54) is 17.3 Å². The van der Waals surface area contributed by atoms with Gasteiger partial charge in [-0.1, -0.05) is 60.3 Å². The number of benzene rings is 2. The van der Waals surface area contributed by atoms with Crippen LogP contribution in [0.25, 0.3) is 0 Å². The summed E-state index contributed by atoms with van der Waals surface area (Å²) in [7, 11) is 0. The monoisotopic (exact) mass is 449 g/mol. The standard InChI is InChI=1S/C24H27N5O2S/c1-16-7-6-8-17(2)22(16)26-20(30)13-25-21(31)15-32-24-28-27-23(19-11-12-19)29(24)14-18-9-4-3-5-10-18/h3-10,19H,11-15H2,1-2H3,(H,25,31)(H,26,30). The van der Waals surface area contributed by atoms with Crippen molar-refractivity contribution in [2.45, 2.75) is 44.3 Å². The fourth-order valence-electron chi connectivity index (χ4n) is 3.52. The van der Waals surface area contributed by atoms with Gasteiger partial charge in [0, 0.05) is 11.6 Å². The van der Waals surface area contributed by atoms with Crippen LogP contribution >= 0.6 is 11.8 Å². The molecule has 0 saturated heterocycles. The normalized spacial score (nSPS) is 13.1. The number of nitrogens with one attached hydrogen (secondary N) is 2. The Balaban J connectivity index is 1.31. The molecule has 166 valence electrons. The fraction of sp³-hybridized carbons (Fsp3) is 0.333. The smallest absolute Gasteiger partial charge is 0.243 e. The highest BCUT2D eigenvalue weighted by molar-refractivity contribution is 7.99. The molecule has 8 heteroatoms. The minimum absolute atomic E-state index is 0.0722. The summed E-state index contributed by atoms with van der Waals surface area (Å²) in [4.78, 5) is 24.6. The molecular weight excluding hydrogens is 422 g/mol. The Bertz CT molecular complexity index is 1090. The average molecular weight is 450 g/mol. The Morgan fingerprint density at radius 1 is 1.00 bits per heavy atom. The van der Waals surface area contributed by atoms with E-state index in [2.05, 4.69) is 37.5 Å². The number of nitrogens with zero attached hydrogens (tertiary/aromatic N) is 3. The van der Waals surface area contributed by atoms with Crippen molar-refractivity contribution in [1.29, 1.82) is 0 Å². The third-order valence-corrected chi connectivity index (χ3v) is 6.36. The molecule has 0 bridgehead atoms. The highest BCUT2D eigenvalue weighted by Crippen LogP contribution is 2.40. The molecule has 1 saturated carbocycles. The highest BCUT2D eigenvalue weighted by Gasteiger charge is 2.30. The number of rotatable bonds is 9. The lowest BCUT2D eigenvalue weighted by Crippen LogP contribution is -2.34. The van der Waals surface area contributed by atoms with Crippen LogP contribution in [0.3, 0.4) is 0 Å². The van der Waals surface area contributed by atoms with Gasteiger partial charge in [-0.3, -0.25) is 9.59 Å². The zero-order valence-electron chi connectivity index (χ0n) is 18.3. The third kappa shape index (κ3) is 5.56. The first-order valence-corrected chi connectivity index (χ1v) is 11.7. The third-order valence-electron chi connectivity index (χ3n) is 5.40. The SMILES string of the molecule is Cc1cccc(C)c1NC(=O)CNC(=O)CSc1nnc(C2CC2)n1Cc1ccccc1. The Kier molecular flexibility index (Phi) is 6.90. The molecule has 4 rings (SSSR count). The summed E-state index contributed by atoms with van der Waals surface area (Å²) in [6, 6.07) is 16.0. The molecule has 3 aromatic rings. The second-order valence-corrected chi connectivity index (χ2v) is 9.01. The van der Waals surface area contributed by atoms with E-state index in [1.54, 1.807) is 0 Å². The number of amides is 2. The number of hydrogen-bond acceptors (Lipinski definition) is 5. The summed E-state index contributed by atoms with van der Waals surface area (Å²) in [6.07, 6.45) is 2.26. The summed E-state index contributed by atoms with van der Waals surface area (Å²) in [6.45, 7) is 4.50. The van der Waals surface area contributed by atoms with Crippen LogP contribution in [0.4, 0.5) is 5.69 Å². The van der Waals surface area contributed by atoms with Crippen molar-refractivity contribution in [2.24, 2.45) is 0 Å². The molecular formula is C24H27N5O2S. The number of aryl methyl sites for hydroxylation is 2. The molecule has 2 N–H and O–H groups in total. The summed E-state index contributed by atoms with van der Waals surface area (Å²) >= 11 is 1.35. The van der Waals surface area contributed by atoms with E-state index in [9.17, 15) is 9.59 Å². The molecule has 0 atom stereocenters. The Morgan fingerprint density at radius 2 is 1.72 bits per heavy atom. The lowest BCUT2D eigenvalue weighted by atomic mass is 10.1. The molecule has 0 unspecified atom stereocenters. The van der Waals surface area contributed by atoms with Crippen molar-refractivity contribution in [2.75, 3.05) is 17.6 Å². The molecule has 0 aliphatic heterocycles. The maximum absolute atomic E-state index is 12.4. The summed E-state index contributed by atoms with van der Waals surface area (Å²) < 4.78 is 2.11. The van der Waals surface area contributed by atoms with E-state index in [-0.39, 0.29) is 24.1 Å². The predicted molar refractivity (Wildman–Crippen MR) is 126 cm³/mol. The predicted octanol–water partition coefficient (Wildman–Crippen LogP) is 3.67. The van der Waals surface area contributed by atoms with Crippen LogP contribution in [0.2, 0.25) is 0 Å². The first kappa shape index (κ1) is 22.1. The lowest BCUT2D eigenvalue weighted by Gasteiger charge is -2.12. The highest BCUT2D eigenvalue weighted by atomic mass is 32.2. The van der Waals surface area contributed by atoms with Crippen LogP contribution < -0.4 is 10.6 Å². The van der Waals surface area contributed by atoms with Crippen molar-refractivity contribution in [1.82, 2.24) is 20.1 Å². The van der Waals surface area contributed by atoms with Crippen LogP contribution in [0.15, 0.2) is 53.7 Å². The van der Waals surface area contributed by atoms with Gasteiger partial charge in [-0.15, -0.1) is 10.2 Å². The number of anilines is 1.